The van der Waals surface area contributed by atoms with Crippen LogP contribution in [0.15, 0.2) is 24.3 Å². The lowest BCUT2D eigenvalue weighted by Gasteiger charge is -2.38. The first-order valence-electron chi connectivity index (χ1n) is 8.40. The first kappa shape index (κ1) is 17.4. The van der Waals surface area contributed by atoms with Crippen LogP contribution in [0, 0.1) is 5.82 Å². The van der Waals surface area contributed by atoms with Crippen molar-refractivity contribution in [3.05, 3.63) is 35.6 Å². The van der Waals surface area contributed by atoms with E-state index in [0.29, 0.717) is 6.04 Å². The number of piperidine rings is 1. The van der Waals surface area contributed by atoms with Crippen LogP contribution in [0.2, 0.25) is 0 Å². The van der Waals surface area contributed by atoms with E-state index in [1.807, 2.05) is 12.1 Å². The van der Waals surface area contributed by atoms with Gasteiger partial charge in [-0.3, -0.25) is 0 Å². The van der Waals surface area contributed by atoms with Crippen LogP contribution < -0.4 is 5.32 Å². The largest absolute Gasteiger partial charge is 0.394 e. The molecule has 1 aromatic rings. The van der Waals surface area contributed by atoms with Crippen LogP contribution in [0.1, 0.15) is 38.7 Å². The summed E-state index contributed by atoms with van der Waals surface area (Å²) < 4.78 is 12.9. The number of nitrogens with one attached hydrogen (secondary N) is 1. The Morgan fingerprint density at radius 3 is 2.45 bits per heavy atom. The quantitative estimate of drug-likeness (QED) is 0.813. The van der Waals surface area contributed by atoms with Gasteiger partial charge in [0.05, 0.1) is 6.61 Å². The van der Waals surface area contributed by atoms with Gasteiger partial charge in [0.15, 0.2) is 0 Å². The Bertz CT molecular complexity index is 437. The van der Waals surface area contributed by atoms with Crippen molar-refractivity contribution in [3.8, 4) is 0 Å². The number of likely N-dealkylation sites (tertiary alicyclic amines) is 1. The Hall–Kier alpha value is -0.970. The van der Waals surface area contributed by atoms with E-state index in [-0.39, 0.29) is 18.0 Å². The SMILES string of the molecule is CCC(C)(CO)NC1CCN(CCc2ccc(F)cc2)CC1. The minimum atomic E-state index is -0.168. The molecule has 0 radical (unpaired) electrons. The Kier molecular flexibility index (Phi) is 6.36. The van der Waals surface area contributed by atoms with E-state index < -0.39 is 0 Å². The normalized spacial score (nSPS) is 20.0. The van der Waals surface area contributed by atoms with Crippen LogP contribution in [0.25, 0.3) is 0 Å². The molecule has 4 heteroatoms. The van der Waals surface area contributed by atoms with Gasteiger partial charge in [-0.15, -0.1) is 0 Å². The lowest BCUT2D eigenvalue weighted by Crippen LogP contribution is -2.53. The van der Waals surface area contributed by atoms with Crippen molar-refractivity contribution in [1.82, 2.24) is 10.2 Å². The van der Waals surface area contributed by atoms with Crippen molar-refractivity contribution in [3.63, 3.8) is 0 Å². The minimum absolute atomic E-state index is 0.152. The van der Waals surface area contributed by atoms with Crippen LogP contribution >= 0.6 is 0 Å². The molecule has 1 unspecified atom stereocenters. The van der Waals surface area contributed by atoms with E-state index in [4.69, 9.17) is 0 Å². The first-order chi connectivity index (χ1) is 10.5. The van der Waals surface area contributed by atoms with Crippen LogP contribution in [0.4, 0.5) is 4.39 Å². The number of hydrogen-bond donors (Lipinski definition) is 2. The summed E-state index contributed by atoms with van der Waals surface area (Å²) in [6.07, 6.45) is 4.16. The fourth-order valence-electron chi connectivity index (χ4n) is 2.99. The van der Waals surface area contributed by atoms with Crippen LogP contribution in [-0.4, -0.2) is 47.8 Å². The molecule has 0 aliphatic carbocycles. The number of rotatable bonds is 7. The van der Waals surface area contributed by atoms with E-state index >= 15 is 0 Å². The molecule has 0 amide bonds. The molecule has 22 heavy (non-hydrogen) atoms. The van der Waals surface area contributed by atoms with E-state index in [0.717, 1.165) is 45.3 Å². The lowest BCUT2D eigenvalue weighted by atomic mass is 9.95. The highest BCUT2D eigenvalue weighted by Crippen LogP contribution is 2.17. The fourth-order valence-corrected chi connectivity index (χ4v) is 2.99. The van der Waals surface area contributed by atoms with Gasteiger partial charge in [0.1, 0.15) is 5.82 Å². The van der Waals surface area contributed by atoms with Gasteiger partial charge in [-0.1, -0.05) is 19.1 Å². The van der Waals surface area contributed by atoms with Crippen molar-refractivity contribution in [2.45, 2.75) is 51.1 Å². The van der Waals surface area contributed by atoms with Crippen molar-refractivity contribution < 1.29 is 9.50 Å². The number of halogens is 1. The number of hydrogen-bond acceptors (Lipinski definition) is 3. The molecule has 1 heterocycles. The maximum Gasteiger partial charge on any atom is 0.123 e. The monoisotopic (exact) mass is 308 g/mol. The Labute approximate surface area is 133 Å². The average Bonchev–Trinajstić information content (AvgIpc) is 2.55. The number of nitrogens with zero attached hydrogens (tertiary/aromatic N) is 1. The van der Waals surface area contributed by atoms with Gasteiger partial charge in [0.2, 0.25) is 0 Å². The van der Waals surface area contributed by atoms with Crippen LogP contribution in [0.5, 0.6) is 0 Å². The average molecular weight is 308 g/mol. The van der Waals surface area contributed by atoms with Gasteiger partial charge in [-0.05, 0) is 63.4 Å². The first-order valence-corrected chi connectivity index (χ1v) is 8.40. The summed E-state index contributed by atoms with van der Waals surface area (Å²) in [5.41, 5.74) is 1.04. The van der Waals surface area contributed by atoms with Gasteiger partial charge >= 0.3 is 0 Å². The second-order valence-corrected chi connectivity index (χ2v) is 6.71. The number of aliphatic hydroxyl groups is 1. The molecule has 2 rings (SSSR count). The molecule has 1 saturated heterocycles. The molecule has 0 spiro atoms. The smallest absolute Gasteiger partial charge is 0.123 e. The van der Waals surface area contributed by atoms with Crippen LogP contribution in [0.3, 0.4) is 0 Å². The number of benzene rings is 1. The highest BCUT2D eigenvalue weighted by Gasteiger charge is 2.27. The molecule has 0 saturated carbocycles. The molecule has 0 aromatic heterocycles. The lowest BCUT2D eigenvalue weighted by molar-refractivity contribution is 0.127. The van der Waals surface area contributed by atoms with Crippen molar-refractivity contribution in [2.24, 2.45) is 0 Å². The summed E-state index contributed by atoms with van der Waals surface area (Å²) in [4.78, 5) is 2.48. The maximum absolute atomic E-state index is 12.9. The molecular weight excluding hydrogens is 279 g/mol. The second-order valence-electron chi connectivity index (χ2n) is 6.71. The highest BCUT2D eigenvalue weighted by atomic mass is 19.1. The zero-order chi connectivity index (χ0) is 16.0. The van der Waals surface area contributed by atoms with Gasteiger partial charge < -0.3 is 15.3 Å². The Balaban J connectivity index is 1.72. The Morgan fingerprint density at radius 1 is 1.27 bits per heavy atom. The third-order valence-corrected chi connectivity index (χ3v) is 4.90. The van der Waals surface area contributed by atoms with E-state index in [1.165, 1.54) is 17.7 Å². The Morgan fingerprint density at radius 2 is 1.91 bits per heavy atom. The minimum Gasteiger partial charge on any atom is -0.394 e. The summed E-state index contributed by atoms with van der Waals surface area (Å²) in [6.45, 7) is 7.60. The van der Waals surface area contributed by atoms with E-state index in [9.17, 15) is 9.50 Å². The van der Waals surface area contributed by atoms with E-state index in [1.54, 1.807) is 0 Å². The molecular formula is C18H29FN2O. The third kappa shape index (κ3) is 5.04. The maximum atomic E-state index is 12.9. The molecule has 1 atom stereocenters. The van der Waals surface area contributed by atoms with Gasteiger partial charge in [0.25, 0.3) is 0 Å². The third-order valence-electron chi connectivity index (χ3n) is 4.90. The summed E-state index contributed by atoms with van der Waals surface area (Å²) in [7, 11) is 0. The van der Waals surface area contributed by atoms with Crippen LogP contribution in [-0.2, 0) is 6.42 Å². The predicted octanol–water partition coefficient (Wildman–Crippen LogP) is 2.58. The standard InChI is InChI=1S/C18H29FN2O/c1-3-18(2,14-22)20-17-9-12-21(13-10-17)11-8-15-4-6-16(19)7-5-15/h4-7,17,20,22H,3,8-14H2,1-2H3. The predicted molar refractivity (Wildman–Crippen MR) is 88.5 cm³/mol. The van der Waals surface area contributed by atoms with Crippen molar-refractivity contribution >= 4 is 0 Å². The highest BCUT2D eigenvalue weighted by molar-refractivity contribution is 5.16. The molecule has 124 valence electrons. The zero-order valence-corrected chi connectivity index (χ0v) is 13.8. The topological polar surface area (TPSA) is 35.5 Å². The van der Waals surface area contributed by atoms with Gasteiger partial charge in [-0.25, -0.2) is 4.39 Å². The van der Waals surface area contributed by atoms with Crippen molar-refractivity contribution in [1.29, 1.82) is 0 Å². The molecule has 1 aliphatic heterocycles. The summed E-state index contributed by atoms with van der Waals surface area (Å²) in [5.74, 6) is -0.168. The van der Waals surface area contributed by atoms with Crippen molar-refractivity contribution in [2.75, 3.05) is 26.2 Å². The molecule has 0 bridgehead atoms. The zero-order valence-electron chi connectivity index (χ0n) is 13.8. The van der Waals surface area contributed by atoms with E-state index in [2.05, 4.69) is 24.1 Å². The molecule has 1 aliphatic rings. The van der Waals surface area contributed by atoms with Gasteiger partial charge in [0, 0.05) is 18.1 Å². The second kappa shape index (κ2) is 8.04. The molecule has 2 N–H and O–H groups in total. The molecule has 3 nitrogen and oxygen atoms in total. The summed E-state index contributed by atoms with van der Waals surface area (Å²) >= 11 is 0. The summed E-state index contributed by atoms with van der Waals surface area (Å²) in [5, 5.41) is 13.1. The molecule has 1 fully saturated rings. The molecule has 1 aromatic carbocycles. The number of aliphatic hydroxyl groups excluding tert-OH is 1. The fraction of sp³-hybridized carbons (Fsp3) is 0.667. The summed E-state index contributed by atoms with van der Waals surface area (Å²) in [6, 6.07) is 7.31. The van der Waals surface area contributed by atoms with Gasteiger partial charge in [-0.2, -0.15) is 0 Å².